The molecule has 1 aromatic rings. The van der Waals surface area contributed by atoms with Gasteiger partial charge in [0.2, 0.25) is 0 Å². The SMILES string of the molecule is CCC1CN(Cc2sccc2Br)CCO1. The van der Waals surface area contributed by atoms with Gasteiger partial charge in [0.15, 0.2) is 0 Å². The number of ether oxygens (including phenoxy) is 1. The molecule has 0 saturated carbocycles. The highest BCUT2D eigenvalue weighted by molar-refractivity contribution is 9.10. The fourth-order valence-electron chi connectivity index (χ4n) is 1.81. The van der Waals surface area contributed by atoms with Crippen LogP contribution < -0.4 is 0 Å². The Bertz CT molecular complexity index is 315. The third-order valence-corrected chi connectivity index (χ3v) is 4.65. The molecule has 2 nitrogen and oxygen atoms in total. The second-order valence-electron chi connectivity index (χ2n) is 3.83. The molecule has 1 atom stereocenters. The fourth-order valence-corrected chi connectivity index (χ4v) is 3.33. The highest BCUT2D eigenvalue weighted by atomic mass is 79.9. The third-order valence-electron chi connectivity index (χ3n) is 2.74. The molecule has 2 rings (SSSR count). The third kappa shape index (κ3) is 3.03. The van der Waals surface area contributed by atoms with E-state index >= 15 is 0 Å². The number of halogens is 1. The zero-order chi connectivity index (χ0) is 10.7. The predicted octanol–water partition coefficient (Wildman–Crippen LogP) is 3.12. The molecule has 1 aliphatic rings. The minimum absolute atomic E-state index is 0.428. The fraction of sp³-hybridized carbons (Fsp3) is 0.636. The highest BCUT2D eigenvalue weighted by Crippen LogP contribution is 2.25. The van der Waals surface area contributed by atoms with E-state index < -0.39 is 0 Å². The molecule has 0 aromatic carbocycles. The van der Waals surface area contributed by atoms with Crippen molar-refractivity contribution in [3.63, 3.8) is 0 Å². The Morgan fingerprint density at radius 1 is 1.67 bits per heavy atom. The van der Waals surface area contributed by atoms with Crippen LogP contribution in [0, 0.1) is 0 Å². The van der Waals surface area contributed by atoms with Gasteiger partial charge in [0, 0.05) is 29.0 Å². The zero-order valence-electron chi connectivity index (χ0n) is 8.91. The van der Waals surface area contributed by atoms with Gasteiger partial charge in [-0.3, -0.25) is 4.90 Å². The number of morpholine rings is 1. The lowest BCUT2D eigenvalue weighted by Gasteiger charge is -2.32. The smallest absolute Gasteiger partial charge is 0.0700 e. The average molecular weight is 290 g/mol. The molecule has 1 saturated heterocycles. The largest absolute Gasteiger partial charge is 0.376 e. The van der Waals surface area contributed by atoms with Crippen molar-refractivity contribution in [3.8, 4) is 0 Å². The summed E-state index contributed by atoms with van der Waals surface area (Å²) in [4.78, 5) is 3.90. The summed E-state index contributed by atoms with van der Waals surface area (Å²) >= 11 is 5.40. The lowest BCUT2D eigenvalue weighted by atomic mass is 10.2. The van der Waals surface area contributed by atoms with Crippen molar-refractivity contribution < 1.29 is 4.74 Å². The molecule has 1 aliphatic heterocycles. The first-order chi connectivity index (χ1) is 7.29. The zero-order valence-corrected chi connectivity index (χ0v) is 11.3. The molecule has 15 heavy (non-hydrogen) atoms. The molecule has 4 heteroatoms. The first-order valence-electron chi connectivity index (χ1n) is 5.35. The van der Waals surface area contributed by atoms with Gasteiger partial charge in [-0.05, 0) is 33.8 Å². The quantitative estimate of drug-likeness (QED) is 0.848. The molecule has 1 unspecified atom stereocenters. The Labute approximate surface area is 103 Å². The van der Waals surface area contributed by atoms with Crippen LogP contribution in [0.5, 0.6) is 0 Å². The number of nitrogens with zero attached hydrogens (tertiary/aromatic N) is 1. The topological polar surface area (TPSA) is 12.5 Å². The summed E-state index contributed by atoms with van der Waals surface area (Å²) in [5.41, 5.74) is 0. The van der Waals surface area contributed by atoms with E-state index in [4.69, 9.17) is 4.74 Å². The number of thiophene rings is 1. The first-order valence-corrected chi connectivity index (χ1v) is 7.02. The Balaban J connectivity index is 1.92. The highest BCUT2D eigenvalue weighted by Gasteiger charge is 2.19. The summed E-state index contributed by atoms with van der Waals surface area (Å²) in [6.45, 7) is 6.25. The molecular formula is C11H16BrNOS. The van der Waals surface area contributed by atoms with Crippen LogP contribution >= 0.6 is 27.3 Å². The van der Waals surface area contributed by atoms with E-state index in [9.17, 15) is 0 Å². The standard InChI is InChI=1S/C11H16BrNOS/c1-2-9-7-13(4-5-14-9)8-11-10(12)3-6-15-11/h3,6,9H,2,4-5,7-8H2,1H3. The molecule has 84 valence electrons. The first kappa shape index (κ1) is 11.6. The Kier molecular flexibility index (Phi) is 4.20. The van der Waals surface area contributed by atoms with Crippen molar-refractivity contribution in [2.45, 2.75) is 26.0 Å². The van der Waals surface area contributed by atoms with Crippen LogP contribution in [0.3, 0.4) is 0 Å². The van der Waals surface area contributed by atoms with Gasteiger partial charge in [0.25, 0.3) is 0 Å². The van der Waals surface area contributed by atoms with Crippen LogP contribution in [0.2, 0.25) is 0 Å². The summed E-state index contributed by atoms with van der Waals surface area (Å²) in [5, 5.41) is 2.14. The summed E-state index contributed by atoms with van der Waals surface area (Å²) < 4.78 is 6.90. The molecule has 0 aliphatic carbocycles. The number of hydrogen-bond acceptors (Lipinski definition) is 3. The van der Waals surface area contributed by atoms with E-state index in [1.54, 1.807) is 0 Å². The van der Waals surface area contributed by atoms with Crippen LogP contribution in [0.25, 0.3) is 0 Å². The Morgan fingerprint density at radius 3 is 3.20 bits per heavy atom. The van der Waals surface area contributed by atoms with Gasteiger partial charge in [-0.2, -0.15) is 0 Å². The predicted molar refractivity (Wildman–Crippen MR) is 67.3 cm³/mol. The van der Waals surface area contributed by atoms with Crippen molar-refractivity contribution >= 4 is 27.3 Å². The molecule has 0 spiro atoms. The maximum atomic E-state index is 5.66. The van der Waals surface area contributed by atoms with Crippen LogP contribution in [0.1, 0.15) is 18.2 Å². The van der Waals surface area contributed by atoms with Crippen LogP contribution in [-0.2, 0) is 11.3 Å². The van der Waals surface area contributed by atoms with E-state index in [-0.39, 0.29) is 0 Å². The molecule has 1 fully saturated rings. The van der Waals surface area contributed by atoms with Gasteiger partial charge in [-0.25, -0.2) is 0 Å². The summed E-state index contributed by atoms with van der Waals surface area (Å²) in [7, 11) is 0. The van der Waals surface area contributed by atoms with Crippen molar-refractivity contribution in [2.24, 2.45) is 0 Å². The Morgan fingerprint density at radius 2 is 2.53 bits per heavy atom. The lowest BCUT2D eigenvalue weighted by Crippen LogP contribution is -2.41. The van der Waals surface area contributed by atoms with Crippen molar-refractivity contribution in [1.29, 1.82) is 0 Å². The second kappa shape index (κ2) is 5.43. The van der Waals surface area contributed by atoms with E-state index in [0.717, 1.165) is 32.7 Å². The maximum Gasteiger partial charge on any atom is 0.0700 e. The van der Waals surface area contributed by atoms with Crippen LogP contribution in [0.4, 0.5) is 0 Å². The lowest BCUT2D eigenvalue weighted by molar-refractivity contribution is -0.0322. The minimum Gasteiger partial charge on any atom is -0.376 e. The van der Waals surface area contributed by atoms with E-state index in [1.807, 2.05) is 11.3 Å². The van der Waals surface area contributed by atoms with Crippen molar-refractivity contribution in [2.75, 3.05) is 19.7 Å². The molecule has 1 aromatic heterocycles. The molecular weight excluding hydrogens is 274 g/mol. The monoisotopic (exact) mass is 289 g/mol. The van der Waals surface area contributed by atoms with Crippen molar-refractivity contribution in [3.05, 3.63) is 20.8 Å². The van der Waals surface area contributed by atoms with E-state index in [0.29, 0.717) is 6.10 Å². The van der Waals surface area contributed by atoms with E-state index in [2.05, 4.69) is 39.2 Å². The molecule has 0 N–H and O–H groups in total. The van der Waals surface area contributed by atoms with E-state index in [1.165, 1.54) is 9.35 Å². The molecule has 0 bridgehead atoms. The minimum atomic E-state index is 0.428. The van der Waals surface area contributed by atoms with Gasteiger partial charge in [-0.15, -0.1) is 11.3 Å². The summed E-state index contributed by atoms with van der Waals surface area (Å²) in [6, 6.07) is 2.12. The van der Waals surface area contributed by atoms with Gasteiger partial charge >= 0.3 is 0 Å². The van der Waals surface area contributed by atoms with Crippen molar-refractivity contribution in [1.82, 2.24) is 4.90 Å². The average Bonchev–Trinajstić information content (AvgIpc) is 2.65. The maximum absolute atomic E-state index is 5.66. The molecule has 0 radical (unpaired) electrons. The van der Waals surface area contributed by atoms with Crippen LogP contribution in [0.15, 0.2) is 15.9 Å². The number of hydrogen-bond donors (Lipinski definition) is 0. The van der Waals surface area contributed by atoms with Gasteiger partial charge in [0.05, 0.1) is 12.7 Å². The summed E-state index contributed by atoms with van der Waals surface area (Å²) in [6.07, 6.45) is 1.54. The van der Waals surface area contributed by atoms with Gasteiger partial charge in [0.1, 0.15) is 0 Å². The van der Waals surface area contributed by atoms with Gasteiger partial charge < -0.3 is 4.74 Å². The van der Waals surface area contributed by atoms with Gasteiger partial charge in [-0.1, -0.05) is 6.92 Å². The number of rotatable bonds is 3. The molecule has 2 heterocycles. The van der Waals surface area contributed by atoms with Crippen LogP contribution in [-0.4, -0.2) is 30.7 Å². The molecule has 0 amide bonds. The second-order valence-corrected chi connectivity index (χ2v) is 5.68. The normalized spacial score (nSPS) is 23.2. The Hall–Kier alpha value is 0.1000. The summed E-state index contributed by atoms with van der Waals surface area (Å²) in [5.74, 6) is 0.